The van der Waals surface area contributed by atoms with Crippen molar-refractivity contribution in [2.45, 2.75) is 19.4 Å². The van der Waals surface area contributed by atoms with Crippen molar-refractivity contribution < 1.29 is 14.6 Å². The average Bonchev–Trinajstić information content (AvgIpc) is 2.35. The summed E-state index contributed by atoms with van der Waals surface area (Å²) in [4.78, 5) is 13.0. The summed E-state index contributed by atoms with van der Waals surface area (Å²) in [6.07, 6.45) is -0.213. The lowest BCUT2D eigenvalue weighted by Crippen LogP contribution is -2.35. The van der Waals surface area contributed by atoms with Gasteiger partial charge in [0.25, 0.3) is 5.91 Å². The van der Waals surface area contributed by atoms with Gasteiger partial charge in [0.05, 0.1) is 11.6 Å². The molecule has 1 atom stereocenters. The van der Waals surface area contributed by atoms with Crippen LogP contribution in [0.5, 0.6) is 5.75 Å². The van der Waals surface area contributed by atoms with Gasteiger partial charge in [0.2, 0.25) is 0 Å². The van der Waals surface area contributed by atoms with Crippen LogP contribution in [0.4, 0.5) is 0 Å². The minimum Gasteiger partial charge on any atom is -0.496 e. The van der Waals surface area contributed by atoms with E-state index in [9.17, 15) is 9.90 Å². The van der Waals surface area contributed by atoms with Crippen LogP contribution in [0.3, 0.4) is 0 Å². The number of amides is 1. The lowest BCUT2D eigenvalue weighted by Gasteiger charge is -2.18. The summed E-state index contributed by atoms with van der Waals surface area (Å²) in [5, 5.41) is 9.19. The van der Waals surface area contributed by atoms with Crippen LogP contribution in [-0.2, 0) is 11.2 Å². The summed E-state index contributed by atoms with van der Waals surface area (Å²) in [5.41, 5.74) is 1.10. The van der Waals surface area contributed by atoms with E-state index in [0.29, 0.717) is 6.54 Å². The first-order chi connectivity index (χ1) is 8.45. The number of aliphatic hydroxyl groups excluding tert-OH is 1. The number of methoxy groups -OCH3 is 1. The summed E-state index contributed by atoms with van der Waals surface area (Å²) in [6.45, 7) is 2.05. The van der Waals surface area contributed by atoms with Gasteiger partial charge in [-0.05, 0) is 47.0 Å². The summed E-state index contributed by atoms with van der Waals surface area (Å²) < 4.78 is 6.05. The number of likely N-dealkylation sites (N-methyl/N-ethyl adjacent to an activating group) is 1. The van der Waals surface area contributed by atoms with Gasteiger partial charge >= 0.3 is 0 Å². The van der Waals surface area contributed by atoms with Crippen LogP contribution in [0.1, 0.15) is 12.5 Å². The third-order valence-electron chi connectivity index (χ3n) is 2.69. The van der Waals surface area contributed by atoms with Crippen LogP contribution in [0.2, 0.25) is 0 Å². The highest BCUT2D eigenvalue weighted by molar-refractivity contribution is 9.10. The number of benzene rings is 1. The molecule has 0 saturated heterocycles. The summed E-state index contributed by atoms with van der Waals surface area (Å²) in [7, 11) is 3.31. The maximum absolute atomic E-state index is 11.5. The minimum absolute atomic E-state index is 0.262. The summed E-state index contributed by atoms with van der Waals surface area (Å²) in [6, 6.07) is 5.82. The molecule has 0 fully saturated rings. The minimum atomic E-state index is -0.947. The fourth-order valence-corrected chi connectivity index (χ4v) is 2.18. The van der Waals surface area contributed by atoms with Gasteiger partial charge in [0, 0.05) is 13.6 Å². The van der Waals surface area contributed by atoms with E-state index in [4.69, 9.17) is 4.74 Å². The van der Waals surface area contributed by atoms with Gasteiger partial charge < -0.3 is 14.7 Å². The van der Waals surface area contributed by atoms with Gasteiger partial charge in [-0.1, -0.05) is 6.07 Å². The molecule has 0 aliphatic rings. The Morgan fingerprint density at radius 2 is 2.22 bits per heavy atom. The molecule has 1 N–H and O–H groups in total. The standard InChI is InChI=1S/C13H18BrNO3/c1-9(16)13(17)15(2)7-6-10-4-5-12(18-3)11(14)8-10/h4-5,8-9,16H,6-7H2,1-3H3. The van der Waals surface area contributed by atoms with Crippen molar-refractivity contribution in [1.82, 2.24) is 4.90 Å². The predicted molar refractivity (Wildman–Crippen MR) is 73.7 cm³/mol. The predicted octanol–water partition coefficient (Wildman–Crippen LogP) is 1.84. The van der Waals surface area contributed by atoms with E-state index in [1.807, 2.05) is 18.2 Å². The zero-order valence-electron chi connectivity index (χ0n) is 10.8. The third-order valence-corrected chi connectivity index (χ3v) is 3.31. The fourth-order valence-electron chi connectivity index (χ4n) is 1.59. The van der Waals surface area contributed by atoms with Crippen LogP contribution in [0, 0.1) is 0 Å². The van der Waals surface area contributed by atoms with Gasteiger partial charge in [-0.3, -0.25) is 4.79 Å². The van der Waals surface area contributed by atoms with E-state index < -0.39 is 6.10 Å². The average molecular weight is 316 g/mol. The van der Waals surface area contributed by atoms with Crippen molar-refractivity contribution in [3.8, 4) is 5.75 Å². The number of nitrogens with zero attached hydrogens (tertiary/aromatic N) is 1. The lowest BCUT2D eigenvalue weighted by atomic mass is 10.1. The van der Waals surface area contributed by atoms with Crippen LogP contribution in [0.15, 0.2) is 22.7 Å². The van der Waals surface area contributed by atoms with E-state index in [0.717, 1.165) is 22.2 Å². The second kappa shape index (κ2) is 6.75. The maximum Gasteiger partial charge on any atom is 0.250 e. The molecule has 0 heterocycles. The van der Waals surface area contributed by atoms with Crippen LogP contribution in [-0.4, -0.2) is 42.7 Å². The molecule has 1 unspecified atom stereocenters. The molecule has 0 aliphatic carbocycles. The lowest BCUT2D eigenvalue weighted by molar-refractivity contribution is -0.137. The van der Waals surface area contributed by atoms with Crippen molar-refractivity contribution in [3.63, 3.8) is 0 Å². The number of hydrogen-bond donors (Lipinski definition) is 1. The van der Waals surface area contributed by atoms with E-state index in [1.165, 1.54) is 11.8 Å². The van der Waals surface area contributed by atoms with Crippen molar-refractivity contribution >= 4 is 21.8 Å². The van der Waals surface area contributed by atoms with Crippen LogP contribution in [0.25, 0.3) is 0 Å². The van der Waals surface area contributed by atoms with Crippen LogP contribution >= 0.6 is 15.9 Å². The number of halogens is 1. The molecular formula is C13H18BrNO3. The molecular weight excluding hydrogens is 298 g/mol. The summed E-state index contributed by atoms with van der Waals surface area (Å²) in [5.74, 6) is 0.523. The number of aliphatic hydroxyl groups is 1. The molecule has 0 aliphatic heterocycles. The first-order valence-electron chi connectivity index (χ1n) is 5.71. The first-order valence-corrected chi connectivity index (χ1v) is 6.50. The monoisotopic (exact) mass is 315 g/mol. The number of carbonyl (C=O) groups excluding carboxylic acids is 1. The van der Waals surface area contributed by atoms with E-state index in [1.54, 1.807) is 14.2 Å². The molecule has 5 heteroatoms. The van der Waals surface area contributed by atoms with E-state index in [-0.39, 0.29) is 5.91 Å². The van der Waals surface area contributed by atoms with Gasteiger partial charge in [-0.15, -0.1) is 0 Å². The van der Waals surface area contributed by atoms with Gasteiger partial charge in [-0.25, -0.2) is 0 Å². The van der Waals surface area contributed by atoms with Gasteiger partial charge in [0.1, 0.15) is 11.9 Å². The Morgan fingerprint density at radius 1 is 1.56 bits per heavy atom. The largest absolute Gasteiger partial charge is 0.496 e. The maximum atomic E-state index is 11.5. The second-order valence-electron chi connectivity index (χ2n) is 4.15. The molecule has 1 aromatic rings. The Kier molecular flexibility index (Phi) is 5.62. The van der Waals surface area contributed by atoms with Crippen molar-refractivity contribution in [2.75, 3.05) is 20.7 Å². The Hall–Kier alpha value is -1.07. The zero-order valence-corrected chi connectivity index (χ0v) is 12.4. The highest BCUT2D eigenvalue weighted by atomic mass is 79.9. The van der Waals surface area contributed by atoms with E-state index in [2.05, 4.69) is 15.9 Å². The van der Waals surface area contributed by atoms with Gasteiger partial charge in [0.15, 0.2) is 0 Å². The molecule has 18 heavy (non-hydrogen) atoms. The number of hydrogen-bond acceptors (Lipinski definition) is 3. The number of rotatable bonds is 5. The Labute approximate surface area is 116 Å². The SMILES string of the molecule is COc1ccc(CCN(C)C(=O)C(C)O)cc1Br. The molecule has 1 aromatic carbocycles. The highest BCUT2D eigenvalue weighted by Crippen LogP contribution is 2.25. The molecule has 100 valence electrons. The molecule has 0 spiro atoms. The Bertz CT molecular complexity index is 421. The summed E-state index contributed by atoms with van der Waals surface area (Å²) >= 11 is 3.42. The first kappa shape index (κ1) is 15.0. The molecule has 4 nitrogen and oxygen atoms in total. The molecule has 0 aromatic heterocycles. The normalized spacial score (nSPS) is 12.1. The quantitative estimate of drug-likeness (QED) is 0.902. The van der Waals surface area contributed by atoms with Gasteiger partial charge in [-0.2, -0.15) is 0 Å². The third kappa shape index (κ3) is 3.99. The second-order valence-corrected chi connectivity index (χ2v) is 5.01. The zero-order chi connectivity index (χ0) is 13.7. The molecule has 1 rings (SSSR count). The smallest absolute Gasteiger partial charge is 0.250 e. The number of carbonyl (C=O) groups is 1. The number of ether oxygens (including phenoxy) is 1. The van der Waals surface area contributed by atoms with Crippen molar-refractivity contribution in [2.24, 2.45) is 0 Å². The Morgan fingerprint density at radius 3 is 2.72 bits per heavy atom. The fraction of sp³-hybridized carbons (Fsp3) is 0.462. The topological polar surface area (TPSA) is 49.8 Å². The van der Waals surface area contributed by atoms with Crippen molar-refractivity contribution in [1.29, 1.82) is 0 Å². The molecule has 0 bridgehead atoms. The van der Waals surface area contributed by atoms with Crippen molar-refractivity contribution in [3.05, 3.63) is 28.2 Å². The Balaban J connectivity index is 2.59. The molecule has 0 saturated carbocycles. The van der Waals surface area contributed by atoms with Crippen LogP contribution < -0.4 is 4.74 Å². The molecule has 1 amide bonds. The van der Waals surface area contributed by atoms with E-state index >= 15 is 0 Å². The highest BCUT2D eigenvalue weighted by Gasteiger charge is 2.14. The molecule has 0 radical (unpaired) electrons.